The zero-order valence-corrected chi connectivity index (χ0v) is 10.9. The van der Waals surface area contributed by atoms with Gasteiger partial charge >= 0.3 is 5.97 Å². The summed E-state index contributed by atoms with van der Waals surface area (Å²) in [6.45, 7) is 4.53. The molecule has 2 rings (SSSR count). The van der Waals surface area contributed by atoms with Gasteiger partial charge in [-0.1, -0.05) is 25.5 Å². The quantitative estimate of drug-likeness (QED) is 0.840. The first-order chi connectivity index (χ1) is 8.69. The first-order valence-corrected chi connectivity index (χ1v) is 6.74. The predicted octanol–water partition coefficient (Wildman–Crippen LogP) is 2.94. The maximum Gasteiger partial charge on any atom is 0.303 e. The van der Waals surface area contributed by atoms with Gasteiger partial charge in [-0.25, -0.2) is 0 Å². The highest BCUT2D eigenvalue weighted by atomic mass is 16.4. The van der Waals surface area contributed by atoms with Crippen LogP contribution in [0, 0.1) is 5.92 Å². The maximum absolute atomic E-state index is 10.6. The molecule has 1 aliphatic rings. The summed E-state index contributed by atoms with van der Waals surface area (Å²) < 4.78 is 0. The zero-order chi connectivity index (χ0) is 13.0. The molecule has 0 aromatic heterocycles. The van der Waals surface area contributed by atoms with E-state index in [1.54, 1.807) is 0 Å². The molecule has 0 radical (unpaired) electrons. The predicted molar refractivity (Wildman–Crippen MR) is 73.0 cm³/mol. The maximum atomic E-state index is 10.6. The minimum atomic E-state index is -0.729. The molecule has 1 aromatic rings. The summed E-state index contributed by atoms with van der Waals surface area (Å²) in [5.41, 5.74) is 2.36. The van der Waals surface area contributed by atoms with Crippen LogP contribution in [0.5, 0.6) is 0 Å². The van der Waals surface area contributed by atoms with Crippen LogP contribution in [-0.2, 0) is 11.2 Å². The Bertz CT molecular complexity index is 411. The second kappa shape index (κ2) is 5.89. The Balaban J connectivity index is 1.90. The number of carboxylic acids is 1. The monoisotopic (exact) mass is 247 g/mol. The minimum Gasteiger partial charge on any atom is -0.481 e. The molecule has 0 amide bonds. The van der Waals surface area contributed by atoms with E-state index in [-0.39, 0.29) is 6.42 Å². The molecule has 1 aromatic carbocycles. The van der Waals surface area contributed by atoms with Gasteiger partial charge in [-0.05, 0) is 36.5 Å². The van der Waals surface area contributed by atoms with Crippen LogP contribution in [0.2, 0.25) is 0 Å². The SMILES string of the molecule is CCCC1CN(c2cccc(CCC(=O)O)c2)C1. The van der Waals surface area contributed by atoms with Crippen molar-refractivity contribution >= 4 is 11.7 Å². The van der Waals surface area contributed by atoms with E-state index in [2.05, 4.69) is 24.0 Å². The topological polar surface area (TPSA) is 40.5 Å². The Hall–Kier alpha value is -1.51. The molecule has 1 fully saturated rings. The van der Waals surface area contributed by atoms with E-state index in [1.807, 2.05) is 12.1 Å². The van der Waals surface area contributed by atoms with Crippen molar-refractivity contribution in [2.75, 3.05) is 18.0 Å². The lowest BCUT2D eigenvalue weighted by molar-refractivity contribution is -0.136. The van der Waals surface area contributed by atoms with Crippen LogP contribution in [0.15, 0.2) is 24.3 Å². The molecule has 0 bridgehead atoms. The van der Waals surface area contributed by atoms with E-state index in [0.29, 0.717) is 6.42 Å². The zero-order valence-electron chi connectivity index (χ0n) is 10.9. The molecule has 1 N–H and O–H groups in total. The van der Waals surface area contributed by atoms with Crippen LogP contribution in [0.3, 0.4) is 0 Å². The number of aliphatic carboxylic acids is 1. The van der Waals surface area contributed by atoms with Gasteiger partial charge < -0.3 is 10.0 Å². The number of hydrogen-bond acceptors (Lipinski definition) is 2. The Labute approximate surface area is 108 Å². The van der Waals surface area contributed by atoms with E-state index in [9.17, 15) is 4.79 Å². The molecular formula is C15H21NO2. The molecule has 1 saturated heterocycles. The fourth-order valence-electron chi connectivity index (χ4n) is 2.53. The fraction of sp³-hybridized carbons (Fsp3) is 0.533. The number of carboxylic acid groups (broad SMARTS) is 1. The number of benzene rings is 1. The second-order valence-electron chi connectivity index (χ2n) is 5.12. The van der Waals surface area contributed by atoms with Crippen LogP contribution >= 0.6 is 0 Å². The Kier molecular flexibility index (Phi) is 4.24. The molecule has 0 atom stereocenters. The van der Waals surface area contributed by atoms with Gasteiger partial charge in [0.2, 0.25) is 0 Å². The normalized spacial score (nSPS) is 15.5. The van der Waals surface area contributed by atoms with Gasteiger partial charge in [-0.2, -0.15) is 0 Å². The number of rotatable bonds is 6. The lowest BCUT2D eigenvalue weighted by atomic mass is 9.94. The molecule has 1 aliphatic heterocycles. The fourth-order valence-corrected chi connectivity index (χ4v) is 2.53. The van der Waals surface area contributed by atoms with Crippen molar-refractivity contribution in [2.24, 2.45) is 5.92 Å². The third-order valence-electron chi connectivity index (χ3n) is 3.56. The number of nitrogens with zero attached hydrogens (tertiary/aromatic N) is 1. The van der Waals surface area contributed by atoms with Gasteiger partial charge in [0.15, 0.2) is 0 Å². The number of carbonyl (C=O) groups is 1. The first kappa shape index (κ1) is 12.9. The Morgan fingerprint density at radius 3 is 2.89 bits per heavy atom. The van der Waals surface area contributed by atoms with E-state index >= 15 is 0 Å². The van der Waals surface area contributed by atoms with Crippen molar-refractivity contribution in [3.63, 3.8) is 0 Å². The molecule has 1 heterocycles. The van der Waals surface area contributed by atoms with Crippen molar-refractivity contribution in [3.05, 3.63) is 29.8 Å². The van der Waals surface area contributed by atoms with Gasteiger partial charge in [0, 0.05) is 25.2 Å². The largest absolute Gasteiger partial charge is 0.481 e. The first-order valence-electron chi connectivity index (χ1n) is 6.74. The molecule has 0 saturated carbocycles. The van der Waals surface area contributed by atoms with E-state index < -0.39 is 5.97 Å². The molecule has 3 heteroatoms. The summed E-state index contributed by atoms with van der Waals surface area (Å²) in [4.78, 5) is 12.9. The Morgan fingerprint density at radius 1 is 1.44 bits per heavy atom. The van der Waals surface area contributed by atoms with Crippen molar-refractivity contribution in [3.8, 4) is 0 Å². The standard InChI is InChI=1S/C15H21NO2/c1-2-4-13-10-16(11-13)14-6-3-5-12(9-14)7-8-15(17)18/h3,5-6,9,13H,2,4,7-8,10-11H2,1H3,(H,17,18). The van der Waals surface area contributed by atoms with Crippen LogP contribution in [-0.4, -0.2) is 24.2 Å². The lowest BCUT2D eigenvalue weighted by Gasteiger charge is -2.41. The van der Waals surface area contributed by atoms with Gasteiger partial charge in [0.25, 0.3) is 0 Å². The average molecular weight is 247 g/mol. The third kappa shape index (κ3) is 3.25. The molecule has 3 nitrogen and oxygen atoms in total. The third-order valence-corrected chi connectivity index (χ3v) is 3.56. The summed E-state index contributed by atoms with van der Waals surface area (Å²) in [6, 6.07) is 8.28. The lowest BCUT2D eigenvalue weighted by Crippen LogP contribution is -2.46. The van der Waals surface area contributed by atoms with Crippen LogP contribution < -0.4 is 4.90 Å². The summed E-state index contributed by atoms with van der Waals surface area (Å²) in [5.74, 6) is 0.116. The van der Waals surface area contributed by atoms with Gasteiger partial charge in [-0.3, -0.25) is 4.79 Å². The van der Waals surface area contributed by atoms with Crippen LogP contribution in [0.25, 0.3) is 0 Å². The molecule has 0 aliphatic carbocycles. The van der Waals surface area contributed by atoms with Crippen molar-refractivity contribution in [2.45, 2.75) is 32.6 Å². The summed E-state index contributed by atoms with van der Waals surface area (Å²) >= 11 is 0. The molecular weight excluding hydrogens is 226 g/mol. The number of hydrogen-bond donors (Lipinski definition) is 1. The van der Waals surface area contributed by atoms with Crippen LogP contribution in [0.1, 0.15) is 31.7 Å². The van der Waals surface area contributed by atoms with Crippen LogP contribution in [0.4, 0.5) is 5.69 Å². The highest BCUT2D eigenvalue weighted by molar-refractivity contribution is 5.67. The highest BCUT2D eigenvalue weighted by Crippen LogP contribution is 2.27. The van der Waals surface area contributed by atoms with Gasteiger partial charge in [0.1, 0.15) is 0 Å². The molecule has 18 heavy (non-hydrogen) atoms. The van der Waals surface area contributed by atoms with Gasteiger partial charge in [-0.15, -0.1) is 0 Å². The minimum absolute atomic E-state index is 0.210. The van der Waals surface area contributed by atoms with E-state index in [0.717, 1.165) is 24.6 Å². The summed E-state index contributed by atoms with van der Waals surface area (Å²) in [6.07, 6.45) is 3.41. The molecule has 98 valence electrons. The van der Waals surface area contributed by atoms with Gasteiger partial charge in [0.05, 0.1) is 0 Å². The molecule has 0 spiro atoms. The smallest absolute Gasteiger partial charge is 0.303 e. The summed E-state index contributed by atoms with van der Waals surface area (Å²) in [5, 5.41) is 8.69. The average Bonchev–Trinajstić information content (AvgIpc) is 2.31. The number of aryl methyl sites for hydroxylation is 1. The van der Waals surface area contributed by atoms with E-state index in [1.165, 1.54) is 18.5 Å². The second-order valence-corrected chi connectivity index (χ2v) is 5.12. The summed E-state index contributed by atoms with van der Waals surface area (Å²) in [7, 11) is 0. The highest BCUT2D eigenvalue weighted by Gasteiger charge is 2.25. The Morgan fingerprint density at radius 2 is 2.22 bits per heavy atom. The number of anilines is 1. The van der Waals surface area contributed by atoms with Crippen molar-refractivity contribution in [1.82, 2.24) is 0 Å². The van der Waals surface area contributed by atoms with E-state index in [4.69, 9.17) is 5.11 Å². The molecule has 0 unspecified atom stereocenters. The van der Waals surface area contributed by atoms with Crippen molar-refractivity contribution < 1.29 is 9.90 Å². The van der Waals surface area contributed by atoms with Crippen molar-refractivity contribution in [1.29, 1.82) is 0 Å².